The minimum atomic E-state index is 0.251. The molecule has 0 heterocycles. The summed E-state index contributed by atoms with van der Waals surface area (Å²) in [6.07, 6.45) is 6.69. The predicted octanol–water partition coefficient (Wildman–Crippen LogP) is 3.63. The summed E-state index contributed by atoms with van der Waals surface area (Å²) in [6, 6.07) is 8.52. The van der Waals surface area contributed by atoms with E-state index in [9.17, 15) is 4.79 Å². The molecule has 80 valence electrons. The Hall–Kier alpha value is -1.37. The Morgan fingerprint density at radius 2 is 1.93 bits per heavy atom. The van der Waals surface area contributed by atoms with E-state index in [-0.39, 0.29) is 5.78 Å². The van der Waals surface area contributed by atoms with Crippen LogP contribution in [0.5, 0.6) is 0 Å². The molecule has 0 saturated carbocycles. The van der Waals surface area contributed by atoms with Crippen molar-refractivity contribution in [3.05, 3.63) is 41.5 Å². The number of carbonyl (C=O) groups is 1. The number of Topliss-reactive ketones (excluding diaryl/α,β-unsaturated/α-hetero) is 1. The predicted molar refractivity (Wildman–Crippen MR) is 64.8 cm³/mol. The van der Waals surface area contributed by atoms with Crippen LogP contribution in [-0.4, -0.2) is 5.78 Å². The largest absolute Gasteiger partial charge is 0.300 e. The summed E-state index contributed by atoms with van der Waals surface area (Å²) < 4.78 is 0. The molecule has 15 heavy (non-hydrogen) atoms. The Bertz CT molecular complexity index is 333. The SMILES string of the molecule is CCc1ccc(/C=C/CCC(C)=O)cc1. The minimum Gasteiger partial charge on any atom is -0.300 e. The summed E-state index contributed by atoms with van der Waals surface area (Å²) in [6.45, 7) is 3.78. The molecule has 1 aromatic rings. The molecule has 0 saturated heterocycles. The van der Waals surface area contributed by atoms with Crippen molar-refractivity contribution in [2.75, 3.05) is 0 Å². The van der Waals surface area contributed by atoms with Gasteiger partial charge in [-0.15, -0.1) is 0 Å². The zero-order chi connectivity index (χ0) is 11.1. The monoisotopic (exact) mass is 202 g/mol. The average Bonchev–Trinajstić information content (AvgIpc) is 2.25. The van der Waals surface area contributed by atoms with Crippen LogP contribution < -0.4 is 0 Å². The van der Waals surface area contributed by atoms with Gasteiger partial charge in [-0.3, -0.25) is 0 Å². The van der Waals surface area contributed by atoms with Crippen molar-refractivity contribution in [2.45, 2.75) is 33.1 Å². The molecule has 0 radical (unpaired) electrons. The third-order valence-corrected chi connectivity index (χ3v) is 2.36. The van der Waals surface area contributed by atoms with E-state index >= 15 is 0 Å². The normalized spacial score (nSPS) is 10.8. The smallest absolute Gasteiger partial charge is 0.130 e. The fourth-order valence-electron chi connectivity index (χ4n) is 1.37. The molecule has 0 aliphatic rings. The summed E-state index contributed by atoms with van der Waals surface area (Å²) >= 11 is 0. The summed E-state index contributed by atoms with van der Waals surface area (Å²) in [5.41, 5.74) is 2.56. The van der Waals surface area contributed by atoms with Crippen LogP contribution in [0.1, 0.15) is 37.8 Å². The Balaban J connectivity index is 2.46. The summed E-state index contributed by atoms with van der Waals surface area (Å²) in [4.78, 5) is 10.7. The first kappa shape index (κ1) is 11.7. The zero-order valence-electron chi connectivity index (χ0n) is 9.49. The Morgan fingerprint density at radius 1 is 1.27 bits per heavy atom. The third-order valence-electron chi connectivity index (χ3n) is 2.36. The molecule has 0 unspecified atom stereocenters. The number of aryl methyl sites for hydroxylation is 1. The first-order valence-electron chi connectivity index (χ1n) is 5.47. The number of rotatable bonds is 5. The molecule has 0 aliphatic carbocycles. The van der Waals surface area contributed by atoms with Crippen molar-refractivity contribution in [1.82, 2.24) is 0 Å². The fourth-order valence-corrected chi connectivity index (χ4v) is 1.37. The molecule has 0 bridgehead atoms. The number of ketones is 1. The second-order valence-corrected chi connectivity index (χ2v) is 3.74. The number of carbonyl (C=O) groups excluding carboxylic acids is 1. The van der Waals surface area contributed by atoms with Crippen molar-refractivity contribution in [3.63, 3.8) is 0 Å². The van der Waals surface area contributed by atoms with Gasteiger partial charge < -0.3 is 4.79 Å². The van der Waals surface area contributed by atoms with Gasteiger partial charge in [0, 0.05) is 6.42 Å². The third kappa shape index (κ3) is 4.59. The maximum atomic E-state index is 10.7. The lowest BCUT2D eigenvalue weighted by Gasteiger charge is -1.97. The van der Waals surface area contributed by atoms with Gasteiger partial charge in [-0.1, -0.05) is 43.3 Å². The molecule has 0 atom stereocenters. The molecule has 0 aliphatic heterocycles. The lowest BCUT2D eigenvalue weighted by molar-refractivity contribution is -0.116. The molecule has 0 N–H and O–H groups in total. The summed E-state index contributed by atoms with van der Waals surface area (Å²) in [5.74, 6) is 0.251. The standard InChI is InChI=1S/C14H18O/c1-3-13-8-10-14(11-9-13)7-5-4-6-12(2)15/h5,7-11H,3-4,6H2,1-2H3/b7-5+. The van der Waals surface area contributed by atoms with E-state index in [4.69, 9.17) is 0 Å². The number of allylic oxidation sites excluding steroid dienone is 1. The van der Waals surface area contributed by atoms with Gasteiger partial charge in [0.05, 0.1) is 0 Å². The van der Waals surface area contributed by atoms with Gasteiger partial charge in [-0.2, -0.15) is 0 Å². The van der Waals surface area contributed by atoms with Gasteiger partial charge in [0.2, 0.25) is 0 Å². The van der Waals surface area contributed by atoms with Gasteiger partial charge in [0.1, 0.15) is 5.78 Å². The second-order valence-electron chi connectivity index (χ2n) is 3.74. The van der Waals surface area contributed by atoms with E-state index in [0.29, 0.717) is 6.42 Å². The zero-order valence-corrected chi connectivity index (χ0v) is 9.49. The molecule has 1 aromatic carbocycles. The molecule has 1 heteroatoms. The highest BCUT2D eigenvalue weighted by Gasteiger charge is 1.90. The first-order chi connectivity index (χ1) is 7.22. The molecule has 0 amide bonds. The van der Waals surface area contributed by atoms with E-state index in [1.807, 2.05) is 0 Å². The van der Waals surface area contributed by atoms with Crippen LogP contribution >= 0.6 is 0 Å². The van der Waals surface area contributed by atoms with E-state index in [2.05, 4.69) is 43.3 Å². The topological polar surface area (TPSA) is 17.1 Å². The number of benzene rings is 1. The molecule has 1 nitrogen and oxygen atoms in total. The van der Waals surface area contributed by atoms with Gasteiger partial charge in [0.15, 0.2) is 0 Å². The molecule has 0 fully saturated rings. The molecular weight excluding hydrogens is 184 g/mol. The Labute approximate surface area is 91.8 Å². The molecule has 0 spiro atoms. The Kier molecular flexibility index (Phi) is 4.82. The van der Waals surface area contributed by atoms with Crippen LogP contribution in [0.3, 0.4) is 0 Å². The maximum Gasteiger partial charge on any atom is 0.130 e. The molecule has 0 aromatic heterocycles. The van der Waals surface area contributed by atoms with Gasteiger partial charge >= 0.3 is 0 Å². The van der Waals surface area contributed by atoms with Gasteiger partial charge in [-0.05, 0) is 30.9 Å². The lowest BCUT2D eigenvalue weighted by atomic mass is 10.1. The average molecular weight is 202 g/mol. The second kappa shape index (κ2) is 6.18. The highest BCUT2D eigenvalue weighted by Crippen LogP contribution is 2.07. The molecule has 1 rings (SSSR count). The highest BCUT2D eigenvalue weighted by molar-refractivity contribution is 5.75. The van der Waals surface area contributed by atoms with Crippen LogP contribution in [0.15, 0.2) is 30.3 Å². The summed E-state index contributed by atoms with van der Waals surface area (Å²) in [7, 11) is 0. The van der Waals surface area contributed by atoms with E-state index in [1.54, 1.807) is 6.92 Å². The van der Waals surface area contributed by atoms with Crippen molar-refractivity contribution in [1.29, 1.82) is 0 Å². The van der Waals surface area contributed by atoms with Crippen LogP contribution in [0.25, 0.3) is 6.08 Å². The number of hydrogen-bond donors (Lipinski definition) is 0. The van der Waals surface area contributed by atoms with Crippen molar-refractivity contribution < 1.29 is 4.79 Å². The van der Waals surface area contributed by atoms with Gasteiger partial charge in [-0.25, -0.2) is 0 Å². The van der Waals surface area contributed by atoms with E-state index < -0.39 is 0 Å². The lowest BCUT2D eigenvalue weighted by Crippen LogP contribution is -1.86. The van der Waals surface area contributed by atoms with Crippen LogP contribution in [-0.2, 0) is 11.2 Å². The van der Waals surface area contributed by atoms with E-state index in [0.717, 1.165) is 12.8 Å². The highest BCUT2D eigenvalue weighted by atomic mass is 16.1. The maximum absolute atomic E-state index is 10.7. The number of hydrogen-bond acceptors (Lipinski definition) is 1. The van der Waals surface area contributed by atoms with Gasteiger partial charge in [0.25, 0.3) is 0 Å². The van der Waals surface area contributed by atoms with Crippen LogP contribution in [0.2, 0.25) is 0 Å². The molecular formula is C14H18O. The van der Waals surface area contributed by atoms with E-state index in [1.165, 1.54) is 11.1 Å². The van der Waals surface area contributed by atoms with Crippen molar-refractivity contribution in [2.24, 2.45) is 0 Å². The van der Waals surface area contributed by atoms with Crippen LogP contribution in [0.4, 0.5) is 0 Å². The fraction of sp³-hybridized carbons (Fsp3) is 0.357. The minimum absolute atomic E-state index is 0.251. The van der Waals surface area contributed by atoms with Crippen LogP contribution in [0, 0.1) is 0 Å². The van der Waals surface area contributed by atoms with Crippen molar-refractivity contribution in [3.8, 4) is 0 Å². The first-order valence-corrected chi connectivity index (χ1v) is 5.47. The Morgan fingerprint density at radius 3 is 2.47 bits per heavy atom. The quantitative estimate of drug-likeness (QED) is 0.712. The van der Waals surface area contributed by atoms with Crippen molar-refractivity contribution >= 4 is 11.9 Å². The summed E-state index contributed by atoms with van der Waals surface area (Å²) in [5, 5.41) is 0.